The average Bonchev–Trinajstić information content (AvgIpc) is 2.68. The lowest BCUT2D eigenvalue weighted by Crippen LogP contribution is -2.43. The summed E-state index contributed by atoms with van der Waals surface area (Å²) in [6.07, 6.45) is 1.64. The van der Waals surface area contributed by atoms with E-state index in [4.69, 9.17) is 0 Å². The summed E-state index contributed by atoms with van der Waals surface area (Å²) < 4.78 is 0. The van der Waals surface area contributed by atoms with E-state index in [9.17, 15) is 4.79 Å². The molecule has 0 saturated carbocycles. The van der Waals surface area contributed by atoms with Gasteiger partial charge in [-0.05, 0) is 23.3 Å². The number of hydrazine groups is 1. The molecule has 4 nitrogen and oxygen atoms in total. The molecule has 0 saturated heterocycles. The van der Waals surface area contributed by atoms with Crippen LogP contribution in [0.5, 0.6) is 0 Å². The number of rotatable bonds is 6. The summed E-state index contributed by atoms with van der Waals surface area (Å²) in [5.74, 6) is -0.118. The molecular formula is C21H21N3O. The maximum atomic E-state index is 12.8. The third kappa shape index (κ3) is 4.52. The van der Waals surface area contributed by atoms with Crippen LogP contribution in [0.4, 0.5) is 0 Å². The van der Waals surface area contributed by atoms with Crippen LogP contribution in [-0.2, 0) is 13.1 Å². The van der Waals surface area contributed by atoms with Crippen LogP contribution < -0.4 is 0 Å². The van der Waals surface area contributed by atoms with Gasteiger partial charge in [-0.25, -0.2) is 5.01 Å². The number of hydrogen-bond donors (Lipinski definition) is 0. The second kappa shape index (κ2) is 8.22. The Balaban J connectivity index is 1.83. The van der Waals surface area contributed by atoms with E-state index in [0.29, 0.717) is 18.8 Å². The van der Waals surface area contributed by atoms with E-state index < -0.39 is 0 Å². The summed E-state index contributed by atoms with van der Waals surface area (Å²) in [6, 6.07) is 25.7. The summed E-state index contributed by atoms with van der Waals surface area (Å²) in [6.45, 7) is 1.29. The minimum atomic E-state index is -0.118. The molecule has 0 fully saturated rings. The number of amides is 1. The number of aromatic nitrogens is 1. The van der Waals surface area contributed by atoms with Gasteiger partial charge in [0.2, 0.25) is 0 Å². The van der Waals surface area contributed by atoms with Gasteiger partial charge in [0.15, 0.2) is 0 Å². The quantitative estimate of drug-likeness (QED) is 0.645. The molecule has 3 rings (SSSR count). The molecule has 0 atom stereocenters. The number of benzene rings is 2. The minimum absolute atomic E-state index is 0.118. The van der Waals surface area contributed by atoms with Crippen molar-refractivity contribution in [1.82, 2.24) is 15.0 Å². The first-order valence-electron chi connectivity index (χ1n) is 8.26. The highest BCUT2D eigenvalue weighted by Gasteiger charge is 2.20. The Morgan fingerprint density at radius 1 is 0.800 bits per heavy atom. The fourth-order valence-electron chi connectivity index (χ4n) is 2.64. The summed E-state index contributed by atoms with van der Waals surface area (Å²) >= 11 is 0. The molecule has 0 unspecified atom stereocenters. The van der Waals surface area contributed by atoms with Gasteiger partial charge in [-0.2, -0.15) is 0 Å². The zero-order chi connectivity index (χ0) is 17.5. The van der Waals surface area contributed by atoms with Gasteiger partial charge >= 0.3 is 0 Å². The highest BCUT2D eigenvalue weighted by molar-refractivity contribution is 5.91. The zero-order valence-corrected chi connectivity index (χ0v) is 14.2. The first-order valence-corrected chi connectivity index (χ1v) is 8.26. The van der Waals surface area contributed by atoms with Gasteiger partial charge in [-0.3, -0.25) is 14.8 Å². The zero-order valence-electron chi connectivity index (χ0n) is 14.2. The van der Waals surface area contributed by atoms with Gasteiger partial charge < -0.3 is 0 Å². The fourth-order valence-corrected chi connectivity index (χ4v) is 2.64. The van der Waals surface area contributed by atoms with Crippen molar-refractivity contribution in [2.45, 2.75) is 13.1 Å². The van der Waals surface area contributed by atoms with Gasteiger partial charge in [0.25, 0.3) is 5.91 Å². The maximum Gasteiger partial charge on any atom is 0.286 e. The van der Waals surface area contributed by atoms with Crippen LogP contribution in [-0.4, -0.2) is 28.0 Å². The molecule has 4 heteroatoms. The molecule has 1 aromatic heterocycles. The molecule has 25 heavy (non-hydrogen) atoms. The average molecular weight is 331 g/mol. The lowest BCUT2D eigenvalue weighted by atomic mass is 10.2. The third-order valence-corrected chi connectivity index (χ3v) is 4.02. The molecule has 1 amide bonds. The molecule has 0 bridgehead atoms. The number of hydrogen-bond acceptors (Lipinski definition) is 3. The standard InChI is InChI=1S/C21H21N3O/c1-23(21(25)20-14-8-9-15-22-20)24(16-18-10-4-2-5-11-18)17-19-12-6-3-7-13-19/h2-15H,16-17H2,1H3. The Labute approximate surface area is 148 Å². The summed E-state index contributed by atoms with van der Waals surface area (Å²) in [4.78, 5) is 17.0. The van der Waals surface area contributed by atoms with Crippen LogP contribution >= 0.6 is 0 Å². The van der Waals surface area contributed by atoms with Gasteiger partial charge in [0, 0.05) is 26.3 Å². The SMILES string of the molecule is CN(C(=O)c1ccccn1)N(Cc1ccccc1)Cc1ccccc1. The van der Waals surface area contributed by atoms with E-state index >= 15 is 0 Å². The first-order chi connectivity index (χ1) is 12.2. The smallest absolute Gasteiger partial charge is 0.272 e. The van der Waals surface area contributed by atoms with Crippen molar-refractivity contribution < 1.29 is 4.79 Å². The second-order valence-corrected chi connectivity index (χ2v) is 5.84. The van der Waals surface area contributed by atoms with E-state index in [-0.39, 0.29) is 5.91 Å². The molecule has 3 aromatic rings. The van der Waals surface area contributed by atoms with E-state index in [2.05, 4.69) is 29.2 Å². The predicted octanol–water partition coefficient (Wildman–Crippen LogP) is 3.77. The largest absolute Gasteiger partial charge is 0.286 e. The molecule has 2 aromatic carbocycles. The Hall–Kier alpha value is -2.98. The molecule has 0 aliphatic rings. The fraction of sp³-hybridized carbons (Fsp3) is 0.143. The molecule has 126 valence electrons. The Morgan fingerprint density at radius 2 is 1.32 bits per heavy atom. The van der Waals surface area contributed by atoms with E-state index in [0.717, 1.165) is 11.1 Å². The highest BCUT2D eigenvalue weighted by Crippen LogP contribution is 2.14. The Morgan fingerprint density at radius 3 is 1.80 bits per heavy atom. The monoisotopic (exact) mass is 331 g/mol. The summed E-state index contributed by atoms with van der Waals surface area (Å²) in [5, 5.41) is 3.68. The summed E-state index contributed by atoms with van der Waals surface area (Å²) in [7, 11) is 1.79. The van der Waals surface area contributed by atoms with Crippen LogP contribution in [0.15, 0.2) is 85.1 Å². The maximum absolute atomic E-state index is 12.8. The number of nitrogens with zero attached hydrogens (tertiary/aromatic N) is 3. The van der Waals surface area contributed by atoms with Crippen molar-refractivity contribution in [3.8, 4) is 0 Å². The van der Waals surface area contributed by atoms with E-state index in [1.54, 1.807) is 24.3 Å². The molecule has 0 aliphatic heterocycles. The van der Waals surface area contributed by atoms with E-state index in [1.807, 2.05) is 53.5 Å². The van der Waals surface area contributed by atoms with Crippen LogP contribution in [0.2, 0.25) is 0 Å². The molecule has 0 N–H and O–H groups in total. The van der Waals surface area contributed by atoms with Crippen LogP contribution in [0, 0.1) is 0 Å². The molecule has 1 heterocycles. The second-order valence-electron chi connectivity index (χ2n) is 5.84. The normalized spacial score (nSPS) is 10.6. The Kier molecular flexibility index (Phi) is 5.54. The van der Waals surface area contributed by atoms with Crippen molar-refractivity contribution in [2.75, 3.05) is 7.05 Å². The summed E-state index contributed by atoms with van der Waals surface area (Å²) in [5.41, 5.74) is 2.74. The molecule has 0 spiro atoms. The number of pyridine rings is 1. The van der Waals surface area contributed by atoms with Crippen molar-refractivity contribution in [2.24, 2.45) is 0 Å². The number of carbonyl (C=O) groups excluding carboxylic acids is 1. The van der Waals surface area contributed by atoms with Gasteiger partial charge in [0.05, 0.1) is 0 Å². The lowest BCUT2D eigenvalue weighted by molar-refractivity contribution is -0.00589. The van der Waals surface area contributed by atoms with Crippen molar-refractivity contribution in [1.29, 1.82) is 0 Å². The van der Waals surface area contributed by atoms with Crippen molar-refractivity contribution in [3.05, 3.63) is 102 Å². The van der Waals surface area contributed by atoms with Crippen molar-refractivity contribution in [3.63, 3.8) is 0 Å². The van der Waals surface area contributed by atoms with Gasteiger partial charge in [0.1, 0.15) is 5.69 Å². The topological polar surface area (TPSA) is 36.4 Å². The van der Waals surface area contributed by atoms with Crippen LogP contribution in [0.1, 0.15) is 21.6 Å². The van der Waals surface area contributed by atoms with Crippen LogP contribution in [0.3, 0.4) is 0 Å². The lowest BCUT2D eigenvalue weighted by Gasteiger charge is -2.32. The van der Waals surface area contributed by atoms with E-state index in [1.165, 1.54) is 0 Å². The number of carbonyl (C=O) groups is 1. The molecular weight excluding hydrogens is 310 g/mol. The Bertz CT molecular complexity index is 750. The first kappa shape index (κ1) is 16.9. The minimum Gasteiger partial charge on any atom is -0.272 e. The molecule has 0 aliphatic carbocycles. The van der Waals surface area contributed by atoms with Crippen molar-refractivity contribution >= 4 is 5.91 Å². The highest BCUT2D eigenvalue weighted by atomic mass is 16.2. The third-order valence-electron chi connectivity index (χ3n) is 4.02. The molecule has 0 radical (unpaired) electrons. The predicted molar refractivity (Wildman–Crippen MR) is 98.5 cm³/mol. The van der Waals surface area contributed by atoms with Gasteiger partial charge in [-0.15, -0.1) is 0 Å². The van der Waals surface area contributed by atoms with Gasteiger partial charge in [-0.1, -0.05) is 66.7 Å². The van der Waals surface area contributed by atoms with Crippen LogP contribution in [0.25, 0.3) is 0 Å².